The molecular weight excluding hydrogens is 472 g/mol. The highest BCUT2D eigenvalue weighted by molar-refractivity contribution is 8.13. The second kappa shape index (κ2) is 7.71. The average Bonchev–Trinajstić information content (AvgIpc) is 3.48. The number of aliphatic hydroxyl groups excluding tert-OH is 1. The average molecular weight is 508 g/mol. The third kappa shape index (κ3) is 3.03. The van der Waals surface area contributed by atoms with Crippen LogP contribution in [0.1, 0.15) is 52.9 Å². The van der Waals surface area contributed by atoms with Gasteiger partial charge in [-0.1, -0.05) is 38.6 Å². The predicted octanol–water partition coefficient (Wildman–Crippen LogP) is 4.41. The summed E-state index contributed by atoms with van der Waals surface area (Å²) >= 11 is 0.663. The Morgan fingerprint density at radius 2 is 2.03 bits per heavy atom. The molecule has 5 aliphatic carbocycles. The number of halogens is 2. The van der Waals surface area contributed by atoms with E-state index in [1.165, 1.54) is 12.2 Å². The summed E-state index contributed by atoms with van der Waals surface area (Å²) in [6.45, 7) is 7.46. The number of thioether (sulfide) groups is 1. The summed E-state index contributed by atoms with van der Waals surface area (Å²) in [7, 11) is 0. The first-order valence-corrected chi connectivity index (χ1v) is 13.9. The van der Waals surface area contributed by atoms with Gasteiger partial charge in [0, 0.05) is 35.8 Å². The summed E-state index contributed by atoms with van der Waals surface area (Å²) in [5.74, 6) is -0.262. The molecule has 0 radical (unpaired) electrons. The number of fused-ring (bicyclic) bond motifs is 7. The van der Waals surface area contributed by atoms with Gasteiger partial charge in [0.2, 0.25) is 5.12 Å². The van der Waals surface area contributed by atoms with E-state index in [4.69, 9.17) is 4.84 Å². The number of hydrogen-bond donors (Lipinski definition) is 1. The molecule has 0 aromatic rings. The number of alkyl halides is 2. The molecule has 192 valence electrons. The molecule has 9 atom stereocenters. The van der Waals surface area contributed by atoms with Crippen molar-refractivity contribution in [2.24, 2.45) is 39.9 Å². The van der Waals surface area contributed by atoms with Crippen LogP contribution >= 0.6 is 11.8 Å². The zero-order valence-corrected chi connectivity index (χ0v) is 21.5. The summed E-state index contributed by atoms with van der Waals surface area (Å²) in [5, 5.41) is 13.3. The molecule has 4 saturated carbocycles. The summed E-state index contributed by atoms with van der Waals surface area (Å²) < 4.78 is 29.3. The number of ketones is 1. The molecule has 0 amide bonds. The predicted molar refractivity (Wildman–Crippen MR) is 128 cm³/mol. The largest absolute Gasteiger partial charge is 0.393 e. The molecule has 0 aromatic heterocycles. The molecule has 5 nitrogen and oxygen atoms in total. The molecule has 8 heteroatoms. The lowest BCUT2D eigenvalue weighted by Crippen LogP contribution is -2.66. The zero-order chi connectivity index (χ0) is 25.0. The van der Waals surface area contributed by atoms with Crippen LogP contribution in [0.4, 0.5) is 8.78 Å². The summed E-state index contributed by atoms with van der Waals surface area (Å²) in [6.07, 6.45) is 6.09. The topological polar surface area (TPSA) is 66.8 Å². The van der Waals surface area contributed by atoms with E-state index in [9.17, 15) is 19.1 Å². The molecule has 9 unspecified atom stereocenters. The normalized spacial score (nSPS) is 50.9. The molecular formula is C27H35F2NO4S. The third-order valence-electron chi connectivity index (χ3n) is 11.0. The van der Waals surface area contributed by atoms with E-state index in [0.717, 1.165) is 19.4 Å². The number of aliphatic hydroxyl groups is 1. The minimum atomic E-state index is -1.29. The lowest BCUT2D eigenvalue weighted by molar-refractivity contribution is -0.264. The number of carbonyl (C=O) groups excluding carboxylic acids is 2. The molecule has 6 aliphatic rings. The maximum atomic E-state index is 15.8. The smallest absolute Gasteiger partial charge is 0.226 e. The highest BCUT2D eigenvalue weighted by Gasteiger charge is 2.80. The van der Waals surface area contributed by atoms with Crippen molar-refractivity contribution in [2.45, 2.75) is 70.8 Å². The third-order valence-corrected chi connectivity index (χ3v) is 11.6. The Labute approximate surface area is 209 Å². The molecule has 1 N–H and O–H groups in total. The number of hydrogen-bond acceptors (Lipinski definition) is 6. The molecule has 0 bridgehead atoms. The van der Waals surface area contributed by atoms with Crippen molar-refractivity contribution < 1.29 is 28.3 Å². The first-order chi connectivity index (χ1) is 16.5. The van der Waals surface area contributed by atoms with Gasteiger partial charge in [-0.3, -0.25) is 14.4 Å². The van der Waals surface area contributed by atoms with Gasteiger partial charge in [0.15, 0.2) is 11.4 Å². The molecule has 6 rings (SSSR count). The van der Waals surface area contributed by atoms with E-state index in [0.29, 0.717) is 42.6 Å². The number of rotatable bonds is 4. The Hall–Kier alpha value is -1.09. The highest BCUT2D eigenvalue weighted by atomic mass is 32.2. The monoisotopic (exact) mass is 507 g/mol. The maximum Gasteiger partial charge on any atom is 0.226 e. The maximum absolute atomic E-state index is 15.8. The first-order valence-electron chi connectivity index (χ1n) is 12.9. The summed E-state index contributed by atoms with van der Waals surface area (Å²) in [4.78, 5) is 32.4. The van der Waals surface area contributed by atoms with Crippen LogP contribution in [0.5, 0.6) is 0 Å². The molecule has 1 heterocycles. The van der Waals surface area contributed by atoms with E-state index in [-0.39, 0.29) is 35.1 Å². The van der Waals surface area contributed by atoms with Gasteiger partial charge < -0.3 is 5.11 Å². The Morgan fingerprint density at radius 1 is 1.29 bits per heavy atom. The van der Waals surface area contributed by atoms with E-state index >= 15 is 4.39 Å². The van der Waals surface area contributed by atoms with Crippen LogP contribution in [0.25, 0.3) is 0 Å². The van der Waals surface area contributed by atoms with Gasteiger partial charge >= 0.3 is 0 Å². The van der Waals surface area contributed by atoms with Gasteiger partial charge in [-0.2, -0.15) is 5.06 Å². The van der Waals surface area contributed by atoms with Crippen LogP contribution in [0.3, 0.4) is 0 Å². The van der Waals surface area contributed by atoms with Crippen molar-refractivity contribution in [1.82, 2.24) is 5.06 Å². The van der Waals surface area contributed by atoms with Crippen molar-refractivity contribution in [3.63, 3.8) is 0 Å². The van der Waals surface area contributed by atoms with Crippen LogP contribution in [0.2, 0.25) is 0 Å². The number of allylic oxidation sites excluding steroid dienone is 4. The van der Waals surface area contributed by atoms with Crippen LogP contribution in [-0.4, -0.2) is 58.0 Å². The number of nitrogens with zero attached hydrogens (tertiary/aromatic N) is 1. The van der Waals surface area contributed by atoms with Crippen molar-refractivity contribution >= 4 is 22.7 Å². The molecule has 0 aromatic carbocycles. The van der Waals surface area contributed by atoms with Gasteiger partial charge in [-0.05, 0) is 67.1 Å². The quantitative estimate of drug-likeness (QED) is 0.608. The minimum absolute atomic E-state index is 0.139. The van der Waals surface area contributed by atoms with Crippen molar-refractivity contribution in [2.75, 3.05) is 19.1 Å². The molecule has 5 fully saturated rings. The van der Waals surface area contributed by atoms with E-state index in [1.54, 1.807) is 6.08 Å². The summed E-state index contributed by atoms with van der Waals surface area (Å²) in [5.41, 5.74) is -2.81. The molecule has 0 spiro atoms. The number of carbonyl (C=O) groups is 2. The Kier molecular flexibility index (Phi) is 5.35. The van der Waals surface area contributed by atoms with Crippen LogP contribution < -0.4 is 0 Å². The molecule has 1 saturated heterocycles. The fourth-order valence-electron chi connectivity index (χ4n) is 9.07. The van der Waals surface area contributed by atoms with Gasteiger partial charge in [-0.25, -0.2) is 8.78 Å². The fraction of sp³-hybridized carbons (Fsp3) is 0.778. The van der Waals surface area contributed by atoms with E-state index in [1.807, 2.05) is 18.9 Å². The van der Waals surface area contributed by atoms with E-state index < -0.39 is 40.1 Å². The van der Waals surface area contributed by atoms with Gasteiger partial charge in [0.1, 0.15) is 12.2 Å². The summed E-state index contributed by atoms with van der Waals surface area (Å²) in [6, 6.07) is -0.821. The molecule has 1 aliphatic heterocycles. The first kappa shape index (κ1) is 24.3. The zero-order valence-electron chi connectivity index (χ0n) is 20.6. The second-order valence-electron chi connectivity index (χ2n) is 12.5. The van der Waals surface area contributed by atoms with Crippen molar-refractivity contribution in [3.05, 3.63) is 23.8 Å². The van der Waals surface area contributed by atoms with Gasteiger partial charge in [0.25, 0.3) is 0 Å². The number of hydroxylamine groups is 2. The lowest BCUT2D eigenvalue weighted by Gasteiger charge is -2.64. The fourth-order valence-corrected chi connectivity index (χ4v) is 9.81. The standard InChI is InChI=1S/C27H35F2NO4S/c1-24-7-6-17(31)8-18(24)20(29)9-19-22(24)21(32)11-26(3)25(19,2)10-16-13-30(12-15-4-5-15)34-27(16,26)23(33)35-14-28/h6-8,15-16,19-22,32H,4-5,9-14H2,1-3H3. The van der Waals surface area contributed by atoms with Gasteiger partial charge in [0.05, 0.1) is 6.10 Å². The lowest BCUT2D eigenvalue weighted by atomic mass is 9.41. The van der Waals surface area contributed by atoms with Crippen LogP contribution in [-0.2, 0) is 14.4 Å². The van der Waals surface area contributed by atoms with Crippen LogP contribution in [0, 0.1) is 39.9 Å². The second-order valence-corrected chi connectivity index (χ2v) is 13.4. The van der Waals surface area contributed by atoms with E-state index in [2.05, 4.69) is 6.92 Å². The molecule has 35 heavy (non-hydrogen) atoms. The van der Waals surface area contributed by atoms with Crippen molar-refractivity contribution in [1.29, 1.82) is 0 Å². The Balaban J connectivity index is 1.44. The highest BCUT2D eigenvalue weighted by Crippen LogP contribution is 2.76. The SMILES string of the molecule is CC12C=CC(=O)C=C1C(F)CC1C2C(O)CC2(C)C1(C)CC1CN(CC3CC3)OC12C(=O)SCF. The van der Waals surface area contributed by atoms with Crippen molar-refractivity contribution in [3.8, 4) is 0 Å². The van der Waals surface area contributed by atoms with Gasteiger partial charge in [-0.15, -0.1) is 0 Å². The van der Waals surface area contributed by atoms with Crippen LogP contribution in [0.15, 0.2) is 23.8 Å². The Morgan fingerprint density at radius 3 is 2.71 bits per heavy atom. The minimum Gasteiger partial charge on any atom is -0.393 e. The Bertz CT molecular complexity index is 1030.